The highest BCUT2D eigenvalue weighted by molar-refractivity contribution is 7.80. The van der Waals surface area contributed by atoms with Gasteiger partial charge in [0.2, 0.25) is 0 Å². The smallest absolute Gasteiger partial charge is 0.170 e. The number of hydrogen-bond acceptors (Lipinski definition) is 2. The molecule has 1 aromatic carbocycles. The molecule has 2 atom stereocenters. The van der Waals surface area contributed by atoms with Crippen molar-refractivity contribution in [1.29, 1.82) is 0 Å². The van der Waals surface area contributed by atoms with E-state index < -0.39 is 0 Å². The van der Waals surface area contributed by atoms with Gasteiger partial charge in [-0.3, -0.25) is 4.98 Å². The quantitative estimate of drug-likeness (QED) is 0.568. The molecule has 29 heavy (non-hydrogen) atoms. The lowest BCUT2D eigenvalue weighted by molar-refractivity contribution is 0.304. The summed E-state index contributed by atoms with van der Waals surface area (Å²) in [6.07, 6.45) is 6.25. The molecule has 3 heterocycles. The number of rotatable bonds is 6. The fourth-order valence-corrected chi connectivity index (χ4v) is 4.37. The minimum Gasteiger partial charge on any atom is -0.352 e. The Morgan fingerprint density at radius 2 is 1.93 bits per heavy atom. The standard InChI is InChI=1S/C24H28N4S/c1-4-5-14-28-23(22(26-24(28)29)20-9-6-7-13-25-20)21-10-8-15-27(21)19-12-11-17(2)18(3)16-19/h6-13,15-16,22-23H,4-5,14H2,1-3H3,(H,26,29)/t22-,23+/m0/s1. The first-order valence-electron chi connectivity index (χ1n) is 10.3. The van der Waals surface area contributed by atoms with Gasteiger partial charge in [0.1, 0.15) is 0 Å². The van der Waals surface area contributed by atoms with E-state index in [0.717, 1.165) is 30.2 Å². The Morgan fingerprint density at radius 1 is 1.07 bits per heavy atom. The molecule has 0 bridgehead atoms. The van der Waals surface area contributed by atoms with Gasteiger partial charge in [0.25, 0.3) is 0 Å². The molecule has 0 radical (unpaired) electrons. The van der Waals surface area contributed by atoms with Crippen LogP contribution in [0.2, 0.25) is 0 Å². The highest BCUT2D eigenvalue weighted by atomic mass is 32.1. The van der Waals surface area contributed by atoms with Crippen molar-refractivity contribution in [2.24, 2.45) is 0 Å². The molecule has 1 aliphatic rings. The molecule has 1 fully saturated rings. The molecule has 4 nitrogen and oxygen atoms in total. The van der Waals surface area contributed by atoms with Crippen LogP contribution < -0.4 is 5.32 Å². The fraction of sp³-hybridized carbons (Fsp3) is 0.333. The van der Waals surface area contributed by atoms with Gasteiger partial charge in [-0.25, -0.2) is 0 Å². The maximum Gasteiger partial charge on any atom is 0.170 e. The van der Waals surface area contributed by atoms with Crippen LogP contribution in [0.3, 0.4) is 0 Å². The second kappa shape index (κ2) is 8.37. The number of benzene rings is 1. The van der Waals surface area contributed by atoms with E-state index in [2.05, 4.69) is 83.1 Å². The summed E-state index contributed by atoms with van der Waals surface area (Å²) >= 11 is 5.76. The van der Waals surface area contributed by atoms with Crippen LogP contribution in [0.25, 0.3) is 5.69 Å². The van der Waals surface area contributed by atoms with Gasteiger partial charge in [-0.05, 0) is 80.0 Å². The maximum atomic E-state index is 5.76. The fourth-order valence-electron chi connectivity index (χ4n) is 4.04. The highest BCUT2D eigenvalue weighted by Gasteiger charge is 2.40. The van der Waals surface area contributed by atoms with Crippen LogP contribution >= 0.6 is 12.2 Å². The zero-order valence-electron chi connectivity index (χ0n) is 17.3. The van der Waals surface area contributed by atoms with E-state index in [4.69, 9.17) is 12.2 Å². The zero-order chi connectivity index (χ0) is 20.4. The largest absolute Gasteiger partial charge is 0.352 e. The number of hydrogen-bond donors (Lipinski definition) is 1. The second-order valence-electron chi connectivity index (χ2n) is 7.75. The first kappa shape index (κ1) is 19.6. The third-order valence-electron chi connectivity index (χ3n) is 5.80. The van der Waals surface area contributed by atoms with Gasteiger partial charge in [0, 0.05) is 30.3 Å². The van der Waals surface area contributed by atoms with Gasteiger partial charge in [0.05, 0.1) is 17.8 Å². The number of nitrogens with one attached hydrogen (secondary N) is 1. The van der Waals surface area contributed by atoms with Crippen molar-refractivity contribution in [3.63, 3.8) is 0 Å². The Labute approximate surface area is 178 Å². The van der Waals surface area contributed by atoms with E-state index >= 15 is 0 Å². The minimum atomic E-state index is 0.0285. The average molecular weight is 405 g/mol. The topological polar surface area (TPSA) is 33.1 Å². The molecule has 0 unspecified atom stereocenters. The molecule has 150 valence electrons. The van der Waals surface area contributed by atoms with Gasteiger partial charge in [-0.1, -0.05) is 25.5 Å². The van der Waals surface area contributed by atoms with Gasteiger partial charge >= 0.3 is 0 Å². The van der Waals surface area contributed by atoms with Crippen LogP contribution in [-0.4, -0.2) is 26.1 Å². The van der Waals surface area contributed by atoms with Crippen LogP contribution in [-0.2, 0) is 0 Å². The molecule has 0 amide bonds. The van der Waals surface area contributed by atoms with Crippen LogP contribution in [0.4, 0.5) is 0 Å². The summed E-state index contributed by atoms with van der Waals surface area (Å²) in [6.45, 7) is 7.47. The molecule has 1 saturated heterocycles. The van der Waals surface area contributed by atoms with Crippen LogP contribution in [0.15, 0.2) is 60.9 Å². The van der Waals surface area contributed by atoms with Crippen LogP contribution in [0.1, 0.15) is 54.4 Å². The van der Waals surface area contributed by atoms with Gasteiger partial charge in [0.15, 0.2) is 5.11 Å². The lowest BCUT2D eigenvalue weighted by atomic mass is 10.0. The monoisotopic (exact) mass is 404 g/mol. The Bertz CT molecular complexity index is 995. The number of aromatic nitrogens is 2. The van der Waals surface area contributed by atoms with Gasteiger partial charge < -0.3 is 14.8 Å². The predicted molar refractivity (Wildman–Crippen MR) is 122 cm³/mol. The van der Waals surface area contributed by atoms with Gasteiger partial charge in [-0.2, -0.15) is 0 Å². The molecule has 0 aliphatic carbocycles. The lowest BCUT2D eigenvalue weighted by Gasteiger charge is -2.29. The van der Waals surface area contributed by atoms with Crippen LogP contribution in [0, 0.1) is 13.8 Å². The zero-order valence-corrected chi connectivity index (χ0v) is 18.1. The number of unbranched alkanes of at least 4 members (excludes halogenated alkanes) is 1. The molecule has 1 N–H and O–H groups in total. The van der Waals surface area contributed by atoms with E-state index in [1.54, 1.807) is 0 Å². The molecule has 5 heteroatoms. The summed E-state index contributed by atoms with van der Waals surface area (Å²) in [6, 6.07) is 17.2. The van der Waals surface area contributed by atoms with E-state index in [9.17, 15) is 0 Å². The third kappa shape index (κ3) is 3.79. The summed E-state index contributed by atoms with van der Waals surface area (Å²) in [5.74, 6) is 0. The molecule has 2 aromatic heterocycles. The molecule has 0 spiro atoms. The first-order chi connectivity index (χ1) is 14.1. The summed E-state index contributed by atoms with van der Waals surface area (Å²) in [5, 5.41) is 4.36. The molecule has 1 aliphatic heterocycles. The van der Waals surface area contributed by atoms with E-state index in [-0.39, 0.29) is 12.1 Å². The Kier molecular flexibility index (Phi) is 5.67. The summed E-state index contributed by atoms with van der Waals surface area (Å²) in [4.78, 5) is 6.98. The molecular weight excluding hydrogens is 376 g/mol. The van der Waals surface area contributed by atoms with E-state index in [0.29, 0.717) is 0 Å². The van der Waals surface area contributed by atoms with Crippen molar-refractivity contribution in [1.82, 2.24) is 19.8 Å². The Hall–Kier alpha value is -2.66. The predicted octanol–water partition coefficient (Wildman–Crippen LogP) is 5.26. The molecular formula is C24H28N4S. The van der Waals surface area contributed by atoms with Gasteiger partial charge in [-0.15, -0.1) is 0 Å². The van der Waals surface area contributed by atoms with Crippen molar-refractivity contribution in [3.8, 4) is 5.69 Å². The second-order valence-corrected chi connectivity index (χ2v) is 8.13. The summed E-state index contributed by atoms with van der Waals surface area (Å²) in [7, 11) is 0. The normalized spacial score (nSPS) is 18.9. The first-order valence-corrected chi connectivity index (χ1v) is 10.7. The highest BCUT2D eigenvalue weighted by Crippen LogP contribution is 2.39. The van der Waals surface area contributed by atoms with Crippen molar-refractivity contribution in [2.75, 3.05) is 6.54 Å². The molecule has 4 rings (SSSR count). The molecule has 0 saturated carbocycles. The maximum absolute atomic E-state index is 5.76. The number of thiocarbonyl (C=S) groups is 1. The third-order valence-corrected chi connectivity index (χ3v) is 6.15. The number of aryl methyl sites for hydroxylation is 2. The molecule has 3 aromatic rings. The van der Waals surface area contributed by atoms with Crippen LogP contribution in [0.5, 0.6) is 0 Å². The van der Waals surface area contributed by atoms with Crippen molar-refractivity contribution in [2.45, 2.75) is 45.7 Å². The average Bonchev–Trinajstić information content (AvgIpc) is 3.33. The Morgan fingerprint density at radius 3 is 2.66 bits per heavy atom. The number of nitrogens with zero attached hydrogens (tertiary/aromatic N) is 3. The number of pyridine rings is 1. The minimum absolute atomic E-state index is 0.0285. The van der Waals surface area contributed by atoms with Crippen molar-refractivity contribution >= 4 is 17.3 Å². The SMILES string of the molecule is CCCCN1C(=S)N[C@@H](c2ccccn2)[C@H]1c1cccn1-c1ccc(C)c(C)c1. The van der Waals surface area contributed by atoms with Crippen molar-refractivity contribution < 1.29 is 0 Å². The summed E-state index contributed by atoms with van der Waals surface area (Å²) in [5.41, 5.74) is 6.04. The lowest BCUT2D eigenvalue weighted by Crippen LogP contribution is -2.31. The van der Waals surface area contributed by atoms with E-state index in [1.165, 1.54) is 22.5 Å². The summed E-state index contributed by atoms with van der Waals surface area (Å²) < 4.78 is 2.29. The van der Waals surface area contributed by atoms with Crippen molar-refractivity contribution in [3.05, 3.63) is 83.4 Å². The Balaban J connectivity index is 1.79. The van der Waals surface area contributed by atoms with E-state index in [1.807, 2.05) is 18.3 Å².